The number of hydrogen-bond donors (Lipinski definition) is 2. The Kier molecular flexibility index (Phi) is 1.91. The van der Waals surface area contributed by atoms with Gasteiger partial charge in [-0.25, -0.2) is 0 Å². The molecule has 0 radical (unpaired) electrons. The van der Waals surface area contributed by atoms with E-state index >= 15 is 0 Å². The standard InChI is InChI=1S/C14H15NO2/c1-14(2)11(12(14)13(16)17)9-3-4-10-8(7-9)5-6-15-10/h3-7,11-12,15H,1-2H3,(H,16,17)/t11-,12+/m1/s1. The van der Waals surface area contributed by atoms with Gasteiger partial charge in [-0.3, -0.25) is 4.79 Å². The number of benzene rings is 1. The van der Waals surface area contributed by atoms with Crippen LogP contribution < -0.4 is 0 Å². The maximum Gasteiger partial charge on any atom is 0.307 e. The SMILES string of the molecule is CC1(C)[C@H](C(=O)O)[C@H]1c1ccc2[nH]ccc2c1. The van der Waals surface area contributed by atoms with Crippen LogP contribution in [0.15, 0.2) is 30.5 Å². The van der Waals surface area contributed by atoms with Crippen molar-refractivity contribution in [1.29, 1.82) is 0 Å². The minimum absolute atomic E-state index is 0.129. The van der Waals surface area contributed by atoms with Crippen LogP contribution in [0.1, 0.15) is 25.3 Å². The van der Waals surface area contributed by atoms with Crippen LogP contribution in [0.25, 0.3) is 10.9 Å². The summed E-state index contributed by atoms with van der Waals surface area (Å²) in [5.74, 6) is -0.799. The molecule has 1 aromatic heterocycles. The lowest BCUT2D eigenvalue weighted by Gasteiger charge is -2.02. The highest BCUT2D eigenvalue weighted by molar-refractivity contribution is 5.82. The average molecular weight is 229 g/mol. The highest BCUT2D eigenvalue weighted by atomic mass is 16.4. The quantitative estimate of drug-likeness (QED) is 0.831. The number of nitrogens with one attached hydrogen (secondary N) is 1. The molecule has 1 saturated carbocycles. The van der Waals surface area contributed by atoms with Gasteiger partial charge >= 0.3 is 5.97 Å². The summed E-state index contributed by atoms with van der Waals surface area (Å²) in [6, 6.07) is 8.18. The first-order valence-corrected chi connectivity index (χ1v) is 5.81. The van der Waals surface area contributed by atoms with Crippen molar-refractivity contribution >= 4 is 16.9 Å². The zero-order valence-electron chi connectivity index (χ0n) is 9.90. The van der Waals surface area contributed by atoms with Gasteiger partial charge in [0.2, 0.25) is 0 Å². The van der Waals surface area contributed by atoms with Crippen molar-refractivity contribution in [2.24, 2.45) is 11.3 Å². The van der Waals surface area contributed by atoms with Crippen molar-refractivity contribution in [3.8, 4) is 0 Å². The number of H-pyrrole nitrogens is 1. The Bertz CT molecular complexity index is 597. The minimum Gasteiger partial charge on any atom is -0.481 e. The lowest BCUT2D eigenvalue weighted by molar-refractivity contribution is -0.139. The molecule has 1 aromatic carbocycles. The number of carboxylic acid groups (broad SMARTS) is 1. The van der Waals surface area contributed by atoms with Crippen LogP contribution in [0.5, 0.6) is 0 Å². The lowest BCUT2D eigenvalue weighted by atomic mass is 10.0. The second-order valence-corrected chi connectivity index (χ2v) is 5.44. The number of aliphatic carboxylic acids is 1. The van der Waals surface area contributed by atoms with Crippen molar-refractivity contribution in [2.45, 2.75) is 19.8 Å². The molecule has 0 saturated heterocycles. The van der Waals surface area contributed by atoms with Crippen LogP contribution in [0.2, 0.25) is 0 Å². The molecule has 3 nitrogen and oxygen atoms in total. The molecule has 1 aliphatic carbocycles. The zero-order chi connectivity index (χ0) is 12.2. The third kappa shape index (κ3) is 1.38. The van der Waals surface area contributed by atoms with E-state index in [9.17, 15) is 9.90 Å². The Balaban J connectivity index is 2.02. The summed E-state index contributed by atoms with van der Waals surface area (Å²) in [7, 11) is 0. The predicted octanol–water partition coefficient (Wildman–Crippen LogP) is 2.99. The Morgan fingerprint density at radius 2 is 2.12 bits per heavy atom. The minimum atomic E-state index is -0.686. The van der Waals surface area contributed by atoms with E-state index in [-0.39, 0.29) is 17.3 Å². The molecule has 3 heteroatoms. The third-order valence-corrected chi connectivity index (χ3v) is 4.03. The number of aromatic amines is 1. The van der Waals surface area contributed by atoms with E-state index in [1.165, 1.54) is 0 Å². The highest BCUT2D eigenvalue weighted by Crippen LogP contribution is 2.64. The number of carbonyl (C=O) groups is 1. The van der Waals surface area contributed by atoms with Crippen molar-refractivity contribution in [1.82, 2.24) is 4.98 Å². The average Bonchev–Trinajstić information content (AvgIpc) is 2.66. The van der Waals surface area contributed by atoms with Gasteiger partial charge in [0.15, 0.2) is 0 Å². The summed E-state index contributed by atoms with van der Waals surface area (Å²) in [5, 5.41) is 10.3. The molecule has 1 heterocycles. The number of carboxylic acids is 1. The molecule has 1 aliphatic rings. The summed E-state index contributed by atoms with van der Waals surface area (Å²) in [5.41, 5.74) is 2.10. The molecule has 2 N–H and O–H groups in total. The summed E-state index contributed by atoms with van der Waals surface area (Å²) < 4.78 is 0. The fourth-order valence-corrected chi connectivity index (χ4v) is 2.99. The zero-order valence-corrected chi connectivity index (χ0v) is 9.90. The van der Waals surface area contributed by atoms with Crippen LogP contribution in [0.3, 0.4) is 0 Å². The second-order valence-electron chi connectivity index (χ2n) is 5.44. The lowest BCUT2D eigenvalue weighted by Crippen LogP contribution is -2.03. The van der Waals surface area contributed by atoms with Gasteiger partial charge < -0.3 is 10.1 Å². The number of rotatable bonds is 2. The molecule has 0 aliphatic heterocycles. The molecule has 0 spiro atoms. The molecule has 2 aromatic rings. The van der Waals surface area contributed by atoms with Gasteiger partial charge in [0.25, 0.3) is 0 Å². The van der Waals surface area contributed by atoms with Crippen LogP contribution in [0, 0.1) is 11.3 Å². The fourth-order valence-electron chi connectivity index (χ4n) is 2.99. The van der Waals surface area contributed by atoms with Gasteiger partial charge in [-0.05, 0) is 34.6 Å². The molecule has 0 unspecified atom stereocenters. The van der Waals surface area contributed by atoms with Gasteiger partial charge in [-0.1, -0.05) is 19.9 Å². The Morgan fingerprint density at radius 3 is 2.76 bits per heavy atom. The number of hydrogen-bond acceptors (Lipinski definition) is 1. The third-order valence-electron chi connectivity index (χ3n) is 4.03. The van der Waals surface area contributed by atoms with Crippen LogP contribution >= 0.6 is 0 Å². The normalized spacial score (nSPS) is 26.0. The molecule has 17 heavy (non-hydrogen) atoms. The summed E-state index contributed by atoms with van der Waals surface area (Å²) >= 11 is 0. The van der Waals surface area contributed by atoms with Gasteiger partial charge in [0.1, 0.15) is 0 Å². The van der Waals surface area contributed by atoms with Crippen LogP contribution in [0.4, 0.5) is 0 Å². The van der Waals surface area contributed by atoms with E-state index in [0.29, 0.717) is 0 Å². The van der Waals surface area contributed by atoms with Gasteiger partial charge in [-0.15, -0.1) is 0 Å². The number of aromatic nitrogens is 1. The molecular weight excluding hydrogens is 214 g/mol. The Morgan fingerprint density at radius 1 is 1.35 bits per heavy atom. The highest BCUT2D eigenvalue weighted by Gasteiger charge is 2.62. The largest absolute Gasteiger partial charge is 0.481 e. The molecular formula is C14H15NO2. The molecule has 0 bridgehead atoms. The van der Waals surface area contributed by atoms with Gasteiger partial charge in [-0.2, -0.15) is 0 Å². The first-order valence-electron chi connectivity index (χ1n) is 5.81. The van der Waals surface area contributed by atoms with Crippen molar-refractivity contribution in [3.63, 3.8) is 0 Å². The topological polar surface area (TPSA) is 53.1 Å². The van der Waals surface area contributed by atoms with Crippen LogP contribution in [-0.4, -0.2) is 16.1 Å². The Hall–Kier alpha value is -1.77. The molecule has 1 fully saturated rings. The van der Waals surface area contributed by atoms with Crippen molar-refractivity contribution in [2.75, 3.05) is 0 Å². The monoisotopic (exact) mass is 229 g/mol. The fraction of sp³-hybridized carbons (Fsp3) is 0.357. The number of fused-ring (bicyclic) bond motifs is 1. The molecule has 3 rings (SSSR count). The van der Waals surface area contributed by atoms with Gasteiger partial charge in [0, 0.05) is 17.6 Å². The van der Waals surface area contributed by atoms with E-state index in [1.54, 1.807) is 0 Å². The predicted molar refractivity (Wildman–Crippen MR) is 65.9 cm³/mol. The summed E-state index contributed by atoms with van der Waals surface area (Å²) in [6.45, 7) is 4.05. The molecule has 2 atom stereocenters. The first-order chi connectivity index (χ1) is 8.01. The van der Waals surface area contributed by atoms with Crippen molar-refractivity contribution in [3.05, 3.63) is 36.0 Å². The summed E-state index contributed by atoms with van der Waals surface area (Å²) in [6.07, 6.45) is 1.90. The second kappa shape index (κ2) is 3.13. The van der Waals surface area contributed by atoms with E-state index < -0.39 is 5.97 Å². The van der Waals surface area contributed by atoms with E-state index in [4.69, 9.17) is 0 Å². The summed E-state index contributed by atoms with van der Waals surface area (Å²) in [4.78, 5) is 14.3. The van der Waals surface area contributed by atoms with Crippen LogP contribution in [-0.2, 0) is 4.79 Å². The Labute approximate surface area is 99.5 Å². The molecule has 88 valence electrons. The van der Waals surface area contributed by atoms with E-state index in [0.717, 1.165) is 16.5 Å². The smallest absolute Gasteiger partial charge is 0.307 e. The van der Waals surface area contributed by atoms with E-state index in [1.807, 2.05) is 38.2 Å². The maximum atomic E-state index is 11.2. The maximum absolute atomic E-state index is 11.2. The van der Waals surface area contributed by atoms with Gasteiger partial charge in [0.05, 0.1) is 5.92 Å². The van der Waals surface area contributed by atoms with Crippen molar-refractivity contribution < 1.29 is 9.90 Å². The van der Waals surface area contributed by atoms with E-state index in [2.05, 4.69) is 11.1 Å². The molecule has 0 amide bonds. The first kappa shape index (κ1) is 10.4.